The number of aromatic amines is 1. The summed E-state index contributed by atoms with van der Waals surface area (Å²) < 4.78 is 11.8. The van der Waals surface area contributed by atoms with Crippen molar-refractivity contribution >= 4 is 39.5 Å². The number of carbonyl (C=O) groups is 1. The molecular formula is C17H12INO4. The Hall–Kier alpha value is -2.22. The summed E-state index contributed by atoms with van der Waals surface area (Å²) >= 11 is 2.23. The van der Waals surface area contributed by atoms with Crippen molar-refractivity contribution in [1.82, 2.24) is 4.98 Å². The maximum Gasteiger partial charge on any atom is 0.307 e. The van der Waals surface area contributed by atoms with Crippen LogP contribution in [0.1, 0.15) is 5.56 Å². The van der Waals surface area contributed by atoms with Crippen LogP contribution >= 0.6 is 22.6 Å². The summed E-state index contributed by atoms with van der Waals surface area (Å²) in [5, 5.41) is 10.2. The van der Waals surface area contributed by atoms with Crippen LogP contribution in [-0.4, -0.2) is 22.9 Å². The zero-order chi connectivity index (χ0) is 16.0. The van der Waals surface area contributed by atoms with Gasteiger partial charge in [-0.05, 0) is 64.6 Å². The summed E-state index contributed by atoms with van der Waals surface area (Å²) in [5.74, 6) is 0.531. The van der Waals surface area contributed by atoms with Gasteiger partial charge >= 0.3 is 5.97 Å². The molecule has 116 valence electrons. The van der Waals surface area contributed by atoms with E-state index in [9.17, 15) is 9.90 Å². The van der Waals surface area contributed by atoms with Crippen LogP contribution < -0.4 is 9.47 Å². The summed E-state index contributed by atoms with van der Waals surface area (Å²) in [4.78, 5) is 14.6. The fraction of sp³-hybridized carbons (Fsp3) is 0.118. The number of nitrogens with one attached hydrogen (secondary N) is 1. The highest BCUT2D eigenvalue weighted by atomic mass is 127. The molecule has 0 radical (unpaired) electrons. The van der Waals surface area contributed by atoms with Gasteiger partial charge in [-0.3, -0.25) is 4.79 Å². The minimum atomic E-state index is -0.855. The van der Waals surface area contributed by atoms with E-state index in [1.807, 2.05) is 36.4 Å². The van der Waals surface area contributed by atoms with E-state index in [0.717, 1.165) is 31.3 Å². The highest BCUT2D eigenvalue weighted by molar-refractivity contribution is 14.1. The first-order valence-electron chi connectivity index (χ1n) is 7.04. The molecule has 5 nitrogen and oxygen atoms in total. The topological polar surface area (TPSA) is 71.6 Å². The third kappa shape index (κ3) is 2.52. The molecule has 1 aliphatic rings. The zero-order valence-corrected chi connectivity index (χ0v) is 14.1. The number of hydrogen-bond acceptors (Lipinski definition) is 3. The average Bonchev–Trinajstić information content (AvgIpc) is 3.11. The van der Waals surface area contributed by atoms with Gasteiger partial charge in [0.1, 0.15) is 0 Å². The number of carboxylic acids is 1. The first-order valence-corrected chi connectivity index (χ1v) is 8.11. The zero-order valence-electron chi connectivity index (χ0n) is 11.9. The largest absolute Gasteiger partial charge is 0.481 e. The van der Waals surface area contributed by atoms with Crippen LogP contribution in [0.3, 0.4) is 0 Å². The molecule has 2 N–H and O–H groups in total. The van der Waals surface area contributed by atoms with Crippen LogP contribution in [0.5, 0.6) is 11.5 Å². The minimum absolute atomic E-state index is 0.0378. The molecule has 2 heterocycles. The number of H-pyrrole nitrogens is 1. The van der Waals surface area contributed by atoms with Gasteiger partial charge in [-0.15, -0.1) is 0 Å². The summed E-state index contributed by atoms with van der Waals surface area (Å²) in [5.41, 5.74) is 3.40. The van der Waals surface area contributed by atoms with Gasteiger partial charge in [-0.25, -0.2) is 0 Å². The summed E-state index contributed by atoms with van der Waals surface area (Å²) in [7, 11) is 0. The Morgan fingerprint density at radius 1 is 1.17 bits per heavy atom. The van der Waals surface area contributed by atoms with E-state index in [0.29, 0.717) is 11.5 Å². The number of aliphatic carboxylic acids is 1. The smallest absolute Gasteiger partial charge is 0.307 e. The second kappa shape index (κ2) is 5.45. The molecule has 0 bridgehead atoms. The Kier molecular flexibility index (Phi) is 3.41. The lowest BCUT2D eigenvalue weighted by Gasteiger charge is -2.04. The number of halogens is 1. The Bertz CT molecular complexity index is 932. The van der Waals surface area contributed by atoms with Gasteiger partial charge in [0.25, 0.3) is 0 Å². The fourth-order valence-corrected chi connectivity index (χ4v) is 3.34. The lowest BCUT2D eigenvalue weighted by molar-refractivity contribution is -0.136. The van der Waals surface area contributed by atoms with Gasteiger partial charge in [0.2, 0.25) is 6.79 Å². The molecule has 0 saturated carbocycles. The van der Waals surface area contributed by atoms with Crippen molar-refractivity contribution in [2.24, 2.45) is 0 Å². The second-order valence-corrected chi connectivity index (χ2v) is 6.55. The molecule has 6 heteroatoms. The molecule has 0 amide bonds. The normalized spacial score (nSPS) is 12.7. The molecule has 1 aromatic heterocycles. The van der Waals surface area contributed by atoms with Crippen LogP contribution in [0.15, 0.2) is 36.4 Å². The van der Waals surface area contributed by atoms with Crippen LogP contribution in [-0.2, 0) is 11.2 Å². The predicted molar refractivity (Wildman–Crippen MR) is 93.9 cm³/mol. The number of aromatic nitrogens is 1. The monoisotopic (exact) mass is 421 g/mol. The summed E-state index contributed by atoms with van der Waals surface area (Å²) in [6.07, 6.45) is -0.0378. The summed E-state index contributed by atoms with van der Waals surface area (Å²) in [6.45, 7) is 0.214. The lowest BCUT2D eigenvalue weighted by Crippen LogP contribution is -2.01. The first kappa shape index (κ1) is 14.4. The molecule has 4 rings (SSSR count). The third-order valence-corrected chi connectivity index (χ3v) is 4.53. The van der Waals surface area contributed by atoms with E-state index < -0.39 is 5.97 Å². The van der Waals surface area contributed by atoms with Crippen molar-refractivity contribution in [3.63, 3.8) is 0 Å². The van der Waals surface area contributed by atoms with Crippen molar-refractivity contribution in [3.8, 4) is 22.8 Å². The number of ether oxygens (including phenoxy) is 2. The average molecular weight is 421 g/mol. The third-order valence-electron chi connectivity index (χ3n) is 3.86. The second-order valence-electron chi connectivity index (χ2n) is 5.31. The van der Waals surface area contributed by atoms with Crippen molar-refractivity contribution in [1.29, 1.82) is 0 Å². The SMILES string of the molecule is O=C(O)Cc1c(-c2ccc3c(c2)OCO3)[nH]c2ccc(I)cc12. The van der Waals surface area contributed by atoms with Crippen LogP contribution in [0.25, 0.3) is 22.2 Å². The molecule has 1 aliphatic heterocycles. The van der Waals surface area contributed by atoms with E-state index in [-0.39, 0.29) is 13.2 Å². The predicted octanol–water partition coefficient (Wildman–Crippen LogP) is 3.80. The van der Waals surface area contributed by atoms with Crippen molar-refractivity contribution < 1.29 is 19.4 Å². The van der Waals surface area contributed by atoms with Crippen LogP contribution in [0.4, 0.5) is 0 Å². The van der Waals surface area contributed by atoms with Crippen LogP contribution in [0.2, 0.25) is 0 Å². The van der Waals surface area contributed by atoms with Crippen molar-refractivity contribution in [2.75, 3.05) is 6.79 Å². The van der Waals surface area contributed by atoms with Crippen molar-refractivity contribution in [3.05, 3.63) is 45.5 Å². The molecule has 0 spiro atoms. The Morgan fingerprint density at radius 2 is 2.00 bits per heavy atom. The van der Waals surface area contributed by atoms with E-state index in [1.54, 1.807) is 0 Å². The minimum Gasteiger partial charge on any atom is -0.481 e. The number of rotatable bonds is 3. The number of fused-ring (bicyclic) bond motifs is 2. The Morgan fingerprint density at radius 3 is 2.83 bits per heavy atom. The number of carboxylic acid groups (broad SMARTS) is 1. The highest BCUT2D eigenvalue weighted by Crippen LogP contribution is 2.38. The van der Waals surface area contributed by atoms with Gasteiger partial charge in [-0.2, -0.15) is 0 Å². The van der Waals surface area contributed by atoms with Gasteiger partial charge in [-0.1, -0.05) is 0 Å². The fourth-order valence-electron chi connectivity index (χ4n) is 2.85. The van der Waals surface area contributed by atoms with E-state index in [1.165, 1.54) is 0 Å². The number of benzene rings is 2. The summed E-state index contributed by atoms with van der Waals surface area (Å²) in [6, 6.07) is 11.6. The molecule has 0 saturated heterocycles. The van der Waals surface area contributed by atoms with E-state index in [2.05, 4.69) is 27.6 Å². The highest BCUT2D eigenvalue weighted by Gasteiger charge is 2.19. The number of hydrogen-bond donors (Lipinski definition) is 2. The van der Waals surface area contributed by atoms with Gasteiger partial charge in [0.15, 0.2) is 11.5 Å². The molecule has 0 unspecified atom stereocenters. The molecule has 0 fully saturated rings. The van der Waals surface area contributed by atoms with Gasteiger partial charge in [0, 0.05) is 20.0 Å². The Balaban J connectivity index is 1.93. The Labute approximate surface area is 145 Å². The maximum atomic E-state index is 11.3. The van der Waals surface area contributed by atoms with Crippen LogP contribution in [0, 0.1) is 3.57 Å². The maximum absolute atomic E-state index is 11.3. The molecule has 0 aliphatic carbocycles. The van der Waals surface area contributed by atoms with Crippen molar-refractivity contribution in [2.45, 2.75) is 6.42 Å². The molecule has 0 atom stereocenters. The quantitative estimate of drug-likeness (QED) is 0.632. The van der Waals surface area contributed by atoms with Gasteiger partial charge < -0.3 is 19.6 Å². The lowest BCUT2D eigenvalue weighted by atomic mass is 10.0. The van der Waals surface area contributed by atoms with E-state index in [4.69, 9.17) is 9.47 Å². The molecule has 23 heavy (non-hydrogen) atoms. The standard InChI is InChI=1S/C17H12INO4/c18-10-2-3-13-11(6-10)12(7-16(20)21)17(19-13)9-1-4-14-15(5-9)23-8-22-14/h1-6,19H,7-8H2,(H,20,21). The van der Waals surface area contributed by atoms with Gasteiger partial charge in [0.05, 0.1) is 12.1 Å². The molecule has 2 aromatic carbocycles. The molecule has 3 aromatic rings. The van der Waals surface area contributed by atoms with E-state index >= 15 is 0 Å². The molecular weight excluding hydrogens is 409 g/mol. The first-order chi connectivity index (χ1) is 11.1.